The Morgan fingerprint density at radius 1 is 1.50 bits per heavy atom. The Bertz CT molecular complexity index is 368. The number of rotatable bonds is 2. The van der Waals surface area contributed by atoms with Gasteiger partial charge in [-0.2, -0.15) is 0 Å². The van der Waals surface area contributed by atoms with Gasteiger partial charge in [0.15, 0.2) is 0 Å². The second-order valence-corrected chi connectivity index (χ2v) is 5.59. The van der Waals surface area contributed by atoms with Gasteiger partial charge in [0.1, 0.15) is 10.6 Å². The van der Waals surface area contributed by atoms with Crippen molar-refractivity contribution in [3.05, 3.63) is 17.0 Å². The lowest BCUT2D eigenvalue weighted by Gasteiger charge is -2.23. The number of nitrogens with zero attached hydrogens (tertiary/aromatic N) is 1. The Balaban J connectivity index is 2.70. The SMILES string of the molecule is CCc1ccc(N(N)C(=O)OC(C)(C)C)s1. The molecule has 0 atom stereocenters. The number of thiophene rings is 1. The predicted molar refractivity (Wildman–Crippen MR) is 66.6 cm³/mol. The molecule has 1 aromatic rings. The Morgan fingerprint density at radius 2 is 2.12 bits per heavy atom. The first-order valence-corrected chi connectivity index (χ1v) is 6.01. The molecule has 0 saturated heterocycles. The van der Waals surface area contributed by atoms with E-state index in [1.54, 1.807) is 0 Å². The second kappa shape index (κ2) is 4.84. The van der Waals surface area contributed by atoms with Crippen LogP contribution >= 0.6 is 11.3 Å². The van der Waals surface area contributed by atoms with Crippen LogP contribution in [0.1, 0.15) is 32.6 Å². The summed E-state index contributed by atoms with van der Waals surface area (Å²) in [5, 5.41) is 1.75. The van der Waals surface area contributed by atoms with Gasteiger partial charge in [0, 0.05) is 4.88 Å². The van der Waals surface area contributed by atoms with Crippen LogP contribution in [0.4, 0.5) is 9.80 Å². The molecule has 0 unspecified atom stereocenters. The molecule has 0 spiro atoms. The van der Waals surface area contributed by atoms with Gasteiger partial charge in [0.25, 0.3) is 0 Å². The molecule has 0 aliphatic carbocycles. The number of aryl methyl sites for hydroxylation is 1. The lowest BCUT2D eigenvalue weighted by molar-refractivity contribution is 0.0581. The van der Waals surface area contributed by atoms with Crippen LogP contribution in [0.2, 0.25) is 0 Å². The van der Waals surface area contributed by atoms with Gasteiger partial charge >= 0.3 is 6.09 Å². The van der Waals surface area contributed by atoms with E-state index >= 15 is 0 Å². The third-order valence-electron chi connectivity index (χ3n) is 1.82. The average molecular weight is 242 g/mol. The van der Waals surface area contributed by atoms with E-state index in [9.17, 15) is 4.79 Å². The maximum Gasteiger partial charge on any atom is 0.430 e. The highest BCUT2D eigenvalue weighted by Crippen LogP contribution is 2.25. The summed E-state index contributed by atoms with van der Waals surface area (Å²) in [5.74, 6) is 5.68. The van der Waals surface area contributed by atoms with Gasteiger partial charge in [0.05, 0.1) is 0 Å². The van der Waals surface area contributed by atoms with Crippen molar-refractivity contribution in [2.24, 2.45) is 5.84 Å². The van der Waals surface area contributed by atoms with Crippen LogP contribution < -0.4 is 10.9 Å². The minimum atomic E-state index is -0.531. The molecule has 1 rings (SSSR count). The molecule has 2 N–H and O–H groups in total. The van der Waals surface area contributed by atoms with E-state index in [1.165, 1.54) is 16.2 Å². The summed E-state index contributed by atoms with van der Waals surface area (Å²) in [6.45, 7) is 7.49. The van der Waals surface area contributed by atoms with Crippen molar-refractivity contribution in [2.75, 3.05) is 5.01 Å². The first-order valence-electron chi connectivity index (χ1n) is 5.20. The van der Waals surface area contributed by atoms with Crippen LogP contribution in [0.15, 0.2) is 12.1 Å². The molecule has 0 aliphatic heterocycles. The molecule has 0 saturated carbocycles. The number of ether oxygens (including phenoxy) is 1. The Kier molecular flexibility index (Phi) is 3.93. The standard InChI is InChI=1S/C11H18N2O2S/c1-5-8-6-7-9(16-8)13(12)10(14)15-11(2,3)4/h6-7H,5,12H2,1-4H3. The Labute approximate surface area is 100.0 Å². The number of carbonyl (C=O) groups is 1. The number of hydrogen-bond acceptors (Lipinski definition) is 4. The molecule has 0 aliphatic rings. The zero-order valence-corrected chi connectivity index (χ0v) is 10.9. The molecule has 5 heteroatoms. The smallest absolute Gasteiger partial charge is 0.430 e. The number of anilines is 1. The number of hydrazine groups is 1. The van der Waals surface area contributed by atoms with Crippen molar-refractivity contribution < 1.29 is 9.53 Å². The van der Waals surface area contributed by atoms with E-state index in [0.29, 0.717) is 5.00 Å². The van der Waals surface area contributed by atoms with Crippen molar-refractivity contribution in [2.45, 2.75) is 39.7 Å². The van der Waals surface area contributed by atoms with Gasteiger partial charge in [-0.05, 0) is 39.3 Å². The second-order valence-electron chi connectivity index (χ2n) is 4.44. The molecule has 0 aromatic carbocycles. The highest BCUT2D eigenvalue weighted by atomic mass is 32.1. The fourth-order valence-corrected chi connectivity index (χ4v) is 1.95. The quantitative estimate of drug-likeness (QED) is 0.493. The molecule has 1 heterocycles. The van der Waals surface area contributed by atoms with E-state index in [0.717, 1.165) is 11.4 Å². The molecule has 90 valence electrons. The van der Waals surface area contributed by atoms with Gasteiger partial charge in [-0.3, -0.25) is 0 Å². The molecule has 1 amide bonds. The number of hydrogen-bond donors (Lipinski definition) is 1. The highest BCUT2D eigenvalue weighted by molar-refractivity contribution is 7.16. The lowest BCUT2D eigenvalue weighted by atomic mass is 10.2. The summed E-state index contributed by atoms with van der Waals surface area (Å²) in [6.07, 6.45) is 0.407. The summed E-state index contributed by atoms with van der Waals surface area (Å²) in [4.78, 5) is 12.8. The molecular weight excluding hydrogens is 224 g/mol. The highest BCUT2D eigenvalue weighted by Gasteiger charge is 2.21. The first-order chi connectivity index (χ1) is 7.33. The Morgan fingerprint density at radius 3 is 2.56 bits per heavy atom. The van der Waals surface area contributed by atoms with Crippen molar-refractivity contribution in [3.8, 4) is 0 Å². The van der Waals surface area contributed by atoms with Gasteiger partial charge in [0.2, 0.25) is 0 Å². The van der Waals surface area contributed by atoms with Gasteiger partial charge in [-0.1, -0.05) is 6.92 Å². The molecule has 1 aromatic heterocycles. The maximum absolute atomic E-state index is 11.6. The normalized spacial score (nSPS) is 11.3. The maximum atomic E-state index is 11.6. The summed E-state index contributed by atoms with van der Waals surface area (Å²) in [5.41, 5.74) is -0.528. The largest absolute Gasteiger partial charge is 0.442 e. The Hall–Kier alpha value is -1.07. The van der Waals surface area contributed by atoms with Crippen molar-refractivity contribution >= 4 is 22.4 Å². The molecular formula is C11H18N2O2S. The predicted octanol–water partition coefficient (Wildman–Crippen LogP) is 2.93. The molecule has 4 nitrogen and oxygen atoms in total. The molecule has 0 bridgehead atoms. The topological polar surface area (TPSA) is 55.6 Å². The molecule has 0 radical (unpaired) electrons. The molecule has 0 fully saturated rings. The van der Waals surface area contributed by atoms with Gasteiger partial charge in [-0.15, -0.1) is 11.3 Å². The minimum absolute atomic E-state index is 0.528. The van der Waals surface area contributed by atoms with Crippen LogP contribution in [-0.4, -0.2) is 11.7 Å². The summed E-state index contributed by atoms with van der Waals surface area (Å²) in [7, 11) is 0. The fourth-order valence-electron chi connectivity index (χ4n) is 1.09. The summed E-state index contributed by atoms with van der Waals surface area (Å²) >= 11 is 1.50. The van der Waals surface area contributed by atoms with Gasteiger partial charge in [-0.25, -0.2) is 15.6 Å². The number of carbonyl (C=O) groups excluding carboxylic acids is 1. The minimum Gasteiger partial charge on any atom is -0.442 e. The van der Waals surface area contributed by atoms with E-state index < -0.39 is 11.7 Å². The van der Waals surface area contributed by atoms with Crippen molar-refractivity contribution in [1.29, 1.82) is 0 Å². The van der Waals surface area contributed by atoms with Gasteiger partial charge < -0.3 is 4.74 Å². The average Bonchev–Trinajstić information content (AvgIpc) is 2.61. The van der Waals surface area contributed by atoms with Crippen molar-refractivity contribution in [3.63, 3.8) is 0 Å². The van der Waals surface area contributed by atoms with Crippen LogP contribution in [0.5, 0.6) is 0 Å². The zero-order chi connectivity index (χ0) is 12.3. The summed E-state index contributed by atoms with van der Waals surface area (Å²) in [6, 6.07) is 3.79. The van der Waals surface area contributed by atoms with E-state index in [4.69, 9.17) is 10.6 Å². The van der Waals surface area contributed by atoms with E-state index in [1.807, 2.05) is 32.9 Å². The van der Waals surface area contributed by atoms with Crippen LogP contribution in [0.25, 0.3) is 0 Å². The monoisotopic (exact) mass is 242 g/mol. The summed E-state index contributed by atoms with van der Waals surface area (Å²) < 4.78 is 5.17. The van der Waals surface area contributed by atoms with E-state index in [-0.39, 0.29) is 0 Å². The van der Waals surface area contributed by atoms with E-state index in [2.05, 4.69) is 6.92 Å². The zero-order valence-electron chi connectivity index (χ0n) is 10.1. The molecule has 16 heavy (non-hydrogen) atoms. The number of nitrogens with two attached hydrogens (primary N) is 1. The van der Waals surface area contributed by atoms with Crippen molar-refractivity contribution in [1.82, 2.24) is 0 Å². The first kappa shape index (κ1) is 13.0. The van der Waals surface area contributed by atoms with Crippen LogP contribution in [0, 0.1) is 0 Å². The number of amides is 1. The third kappa shape index (κ3) is 3.50. The van der Waals surface area contributed by atoms with Crippen LogP contribution in [0.3, 0.4) is 0 Å². The lowest BCUT2D eigenvalue weighted by Crippen LogP contribution is -2.41. The fraction of sp³-hybridized carbons (Fsp3) is 0.545. The third-order valence-corrected chi connectivity index (χ3v) is 3.05. The van der Waals surface area contributed by atoms with Crippen LogP contribution in [-0.2, 0) is 11.2 Å².